The number of pyridine rings is 2. The average molecular weight is 464 g/mol. The maximum atomic E-state index is 5.93. The number of nitrogens with two attached hydrogens (primary N) is 1. The summed E-state index contributed by atoms with van der Waals surface area (Å²) in [7, 11) is 0. The third-order valence-electron chi connectivity index (χ3n) is 6.34. The molecule has 1 aliphatic rings. The first-order valence-corrected chi connectivity index (χ1v) is 11.3. The number of aromatic amines is 2. The molecule has 0 saturated carbocycles. The number of H-pyrrole nitrogens is 2. The Morgan fingerprint density at radius 3 is 2.71 bits per heavy atom. The number of fused-ring (bicyclic) bond motifs is 2. The van der Waals surface area contributed by atoms with Crippen LogP contribution in [0.2, 0.25) is 0 Å². The molecule has 1 aliphatic heterocycles. The summed E-state index contributed by atoms with van der Waals surface area (Å²) in [6.07, 6.45) is 12.7. The average Bonchev–Trinajstić information content (AvgIpc) is 3.59. The van der Waals surface area contributed by atoms with Crippen molar-refractivity contribution < 1.29 is 0 Å². The van der Waals surface area contributed by atoms with Crippen LogP contribution in [0, 0.1) is 6.92 Å². The molecule has 11 nitrogen and oxygen atoms in total. The van der Waals surface area contributed by atoms with Gasteiger partial charge in [-0.25, -0.2) is 15.0 Å². The number of hydrogen-bond donors (Lipinski definition) is 3. The number of nitrogens with one attached hydrogen (secondary N) is 2. The van der Waals surface area contributed by atoms with Crippen LogP contribution in [0.1, 0.15) is 5.69 Å². The van der Waals surface area contributed by atoms with Gasteiger partial charge in [0.2, 0.25) is 0 Å². The Morgan fingerprint density at radius 2 is 1.89 bits per heavy atom. The van der Waals surface area contributed by atoms with E-state index in [2.05, 4.69) is 46.1 Å². The quantitative estimate of drug-likeness (QED) is 0.362. The third kappa shape index (κ3) is 3.24. The fourth-order valence-corrected chi connectivity index (χ4v) is 4.52. The number of aryl methyl sites for hydroxylation is 1. The van der Waals surface area contributed by atoms with Crippen LogP contribution < -0.4 is 10.6 Å². The second-order valence-corrected chi connectivity index (χ2v) is 8.85. The van der Waals surface area contributed by atoms with Crippen molar-refractivity contribution in [3.8, 4) is 28.3 Å². The number of hydrogen-bond acceptors (Lipinski definition) is 8. The Morgan fingerprint density at radius 1 is 1.00 bits per heavy atom. The molecule has 0 atom stereocenters. The molecule has 0 radical (unpaired) electrons. The van der Waals surface area contributed by atoms with E-state index in [-0.39, 0.29) is 6.04 Å². The van der Waals surface area contributed by atoms with Gasteiger partial charge >= 0.3 is 0 Å². The minimum absolute atomic E-state index is 0.191. The second-order valence-electron chi connectivity index (χ2n) is 8.85. The van der Waals surface area contributed by atoms with E-state index in [0.717, 1.165) is 69.2 Å². The molecule has 6 aromatic rings. The van der Waals surface area contributed by atoms with Gasteiger partial charge in [0.05, 0.1) is 65.1 Å². The van der Waals surface area contributed by atoms with Gasteiger partial charge in [-0.2, -0.15) is 5.10 Å². The fraction of sp³-hybridized carbons (Fsp3) is 0.167. The van der Waals surface area contributed by atoms with Crippen molar-refractivity contribution in [3.63, 3.8) is 0 Å². The van der Waals surface area contributed by atoms with Crippen LogP contribution >= 0.6 is 0 Å². The van der Waals surface area contributed by atoms with Gasteiger partial charge in [-0.15, -0.1) is 0 Å². The SMILES string of the molecule is Cc1cn(-c2cncc3[nH]c(-c4[nH]nc5ncc(-c6cncc(N7CC(N)C7)n6)cc45)cc23)cn1. The van der Waals surface area contributed by atoms with Crippen LogP contribution in [-0.4, -0.2) is 63.8 Å². The first-order chi connectivity index (χ1) is 17.1. The van der Waals surface area contributed by atoms with E-state index >= 15 is 0 Å². The van der Waals surface area contributed by atoms with E-state index in [9.17, 15) is 0 Å². The van der Waals surface area contributed by atoms with E-state index in [1.54, 1.807) is 24.9 Å². The maximum Gasteiger partial charge on any atom is 0.181 e. The van der Waals surface area contributed by atoms with Gasteiger partial charge in [-0.05, 0) is 19.1 Å². The van der Waals surface area contributed by atoms with Crippen molar-refractivity contribution in [3.05, 3.63) is 61.3 Å². The Labute approximate surface area is 199 Å². The Balaban J connectivity index is 1.31. The Bertz CT molecular complexity index is 1700. The van der Waals surface area contributed by atoms with Crippen LogP contribution in [-0.2, 0) is 0 Å². The summed E-state index contributed by atoms with van der Waals surface area (Å²) in [5, 5.41) is 9.48. The lowest BCUT2D eigenvalue weighted by molar-refractivity contribution is 0.514. The molecule has 35 heavy (non-hydrogen) atoms. The zero-order chi connectivity index (χ0) is 23.5. The lowest BCUT2D eigenvalue weighted by Crippen LogP contribution is -2.56. The van der Waals surface area contributed by atoms with Crippen molar-refractivity contribution in [2.24, 2.45) is 5.73 Å². The highest BCUT2D eigenvalue weighted by molar-refractivity contribution is 5.97. The molecule has 0 unspecified atom stereocenters. The van der Waals surface area contributed by atoms with Gasteiger partial charge in [0.25, 0.3) is 0 Å². The van der Waals surface area contributed by atoms with Crippen molar-refractivity contribution in [2.45, 2.75) is 13.0 Å². The monoisotopic (exact) mass is 463 g/mol. The van der Waals surface area contributed by atoms with Crippen molar-refractivity contribution in [2.75, 3.05) is 18.0 Å². The van der Waals surface area contributed by atoms with Gasteiger partial charge in [-0.3, -0.25) is 15.1 Å². The van der Waals surface area contributed by atoms with Gasteiger partial charge in [-0.1, -0.05) is 0 Å². The maximum absolute atomic E-state index is 5.93. The van der Waals surface area contributed by atoms with Crippen molar-refractivity contribution in [1.29, 1.82) is 0 Å². The first-order valence-electron chi connectivity index (χ1n) is 11.3. The molecule has 7 heterocycles. The summed E-state index contributed by atoms with van der Waals surface area (Å²) in [5.74, 6) is 0.821. The summed E-state index contributed by atoms with van der Waals surface area (Å²) < 4.78 is 1.98. The lowest BCUT2D eigenvalue weighted by atomic mass is 10.1. The predicted molar refractivity (Wildman–Crippen MR) is 132 cm³/mol. The predicted octanol–water partition coefficient (Wildman–Crippen LogP) is 2.60. The zero-order valence-electron chi connectivity index (χ0n) is 18.8. The molecular weight excluding hydrogens is 442 g/mol. The van der Waals surface area contributed by atoms with Crippen LogP contribution in [0.3, 0.4) is 0 Å². The highest BCUT2D eigenvalue weighted by Gasteiger charge is 2.24. The number of aromatic nitrogens is 9. The topological polar surface area (TPSA) is 143 Å². The van der Waals surface area contributed by atoms with Crippen molar-refractivity contribution >= 4 is 27.8 Å². The van der Waals surface area contributed by atoms with Crippen LogP contribution in [0.15, 0.2) is 55.6 Å². The lowest BCUT2D eigenvalue weighted by Gasteiger charge is -2.37. The van der Waals surface area contributed by atoms with Crippen LogP contribution in [0.5, 0.6) is 0 Å². The molecule has 7 rings (SSSR count). The summed E-state index contributed by atoms with van der Waals surface area (Å²) in [6.45, 7) is 3.54. The van der Waals surface area contributed by atoms with Gasteiger partial charge in [0, 0.05) is 47.9 Å². The molecule has 172 valence electrons. The third-order valence-corrected chi connectivity index (χ3v) is 6.34. The molecule has 1 saturated heterocycles. The molecule has 0 bridgehead atoms. The molecule has 11 heteroatoms. The largest absolute Gasteiger partial charge is 0.352 e. The molecular formula is C24H21N11. The normalized spacial score (nSPS) is 14.2. The summed E-state index contributed by atoms with van der Waals surface area (Å²) in [5.41, 5.74) is 12.7. The van der Waals surface area contributed by atoms with E-state index in [1.807, 2.05) is 36.1 Å². The molecule has 0 amide bonds. The fourth-order valence-electron chi connectivity index (χ4n) is 4.52. The Hall–Kier alpha value is -4.64. The minimum atomic E-state index is 0.191. The molecule has 0 spiro atoms. The molecule has 6 aromatic heterocycles. The van der Waals surface area contributed by atoms with E-state index in [4.69, 9.17) is 10.7 Å². The number of imidazole rings is 1. The zero-order valence-corrected chi connectivity index (χ0v) is 18.8. The summed E-state index contributed by atoms with van der Waals surface area (Å²) in [4.78, 5) is 28.1. The van der Waals surface area contributed by atoms with Crippen molar-refractivity contribution in [1.82, 2.24) is 44.7 Å². The smallest absolute Gasteiger partial charge is 0.181 e. The van der Waals surface area contributed by atoms with Gasteiger partial charge < -0.3 is 20.2 Å². The number of nitrogens with zero attached hydrogens (tertiary/aromatic N) is 8. The molecule has 1 fully saturated rings. The first kappa shape index (κ1) is 19.8. The summed E-state index contributed by atoms with van der Waals surface area (Å²) >= 11 is 0. The van der Waals surface area contributed by atoms with Gasteiger partial charge in [0.15, 0.2) is 5.65 Å². The second kappa shape index (κ2) is 7.43. The minimum Gasteiger partial charge on any atom is -0.352 e. The molecule has 0 aromatic carbocycles. The van der Waals surface area contributed by atoms with Crippen LogP contribution in [0.25, 0.3) is 50.3 Å². The highest BCUT2D eigenvalue weighted by Crippen LogP contribution is 2.32. The number of anilines is 1. The Kier molecular flexibility index (Phi) is 4.20. The van der Waals surface area contributed by atoms with E-state index in [1.165, 1.54) is 0 Å². The summed E-state index contributed by atoms with van der Waals surface area (Å²) in [6, 6.07) is 4.33. The van der Waals surface area contributed by atoms with E-state index < -0.39 is 0 Å². The molecule has 0 aliphatic carbocycles. The molecule has 4 N–H and O–H groups in total. The van der Waals surface area contributed by atoms with Gasteiger partial charge in [0.1, 0.15) is 5.82 Å². The van der Waals surface area contributed by atoms with Crippen LogP contribution in [0.4, 0.5) is 5.82 Å². The van der Waals surface area contributed by atoms with E-state index in [0.29, 0.717) is 5.65 Å². The number of rotatable bonds is 4. The highest BCUT2D eigenvalue weighted by atomic mass is 15.3. The standard InChI is InChI=1S/C24H21N11/c1-13-9-35(12-29-13)21-7-26-6-20-16(21)3-18(30-20)23-17-2-14(4-28-24(17)33-32-23)19-5-27-8-22(31-19)34-10-15(25)11-34/h2-9,12,15,30H,10-11,25H2,1H3,(H,28,32,33).